The van der Waals surface area contributed by atoms with E-state index in [1.165, 1.54) is 15.9 Å². The van der Waals surface area contributed by atoms with Crippen LogP contribution in [0.25, 0.3) is 0 Å². The fourth-order valence-electron chi connectivity index (χ4n) is 3.79. The highest BCUT2D eigenvalue weighted by molar-refractivity contribution is 6.09. The Labute approximate surface area is 162 Å². The van der Waals surface area contributed by atoms with Crippen molar-refractivity contribution in [1.82, 2.24) is 14.7 Å². The Balaban J connectivity index is 1.66. The second-order valence-electron chi connectivity index (χ2n) is 6.83. The first kappa shape index (κ1) is 18.4. The summed E-state index contributed by atoms with van der Waals surface area (Å²) in [6.07, 6.45) is 1.12. The van der Waals surface area contributed by atoms with Crippen LogP contribution in [-0.2, 0) is 9.53 Å². The normalized spacial score (nSPS) is 23.9. The number of halogens is 1. The van der Waals surface area contributed by atoms with Crippen molar-refractivity contribution in [1.29, 1.82) is 0 Å². The van der Waals surface area contributed by atoms with Crippen LogP contribution in [0.15, 0.2) is 41.2 Å². The van der Waals surface area contributed by atoms with Crippen LogP contribution < -0.4 is 4.90 Å². The fraction of sp³-hybridized carbons (Fsp3) is 0.421. The minimum Gasteiger partial charge on any atom is -0.380 e. The van der Waals surface area contributed by atoms with Crippen molar-refractivity contribution in [2.45, 2.75) is 26.1 Å². The first-order chi connectivity index (χ1) is 13.5. The number of aliphatic imine (C=N–C) groups is 1. The number of anilines is 1. The third-order valence-corrected chi connectivity index (χ3v) is 5.14. The van der Waals surface area contributed by atoms with E-state index in [9.17, 15) is 14.0 Å². The van der Waals surface area contributed by atoms with Crippen molar-refractivity contribution in [3.05, 3.63) is 42.0 Å². The minimum atomic E-state index is -0.675. The van der Waals surface area contributed by atoms with E-state index in [-0.39, 0.29) is 24.9 Å². The standard InChI is InChI=1S/C19H22FN5O3/c1-4-28-10-9-23-17(26)15-16(22(3)19(23)27)21-18-24(15)11-12(2)25(18)14-8-6-5-7-13(14)20/h5-8,11,15-16H,4,9-10H2,1-3H3. The van der Waals surface area contributed by atoms with Gasteiger partial charge in [0, 0.05) is 25.6 Å². The number of urea groups is 1. The number of benzene rings is 1. The van der Waals surface area contributed by atoms with E-state index in [0.29, 0.717) is 18.3 Å². The highest BCUT2D eigenvalue weighted by Crippen LogP contribution is 2.37. The first-order valence-electron chi connectivity index (χ1n) is 9.20. The van der Waals surface area contributed by atoms with E-state index in [2.05, 4.69) is 4.99 Å². The number of ether oxygens (including phenoxy) is 1. The summed E-state index contributed by atoms with van der Waals surface area (Å²) in [5.41, 5.74) is 1.10. The lowest BCUT2D eigenvalue weighted by atomic mass is 10.1. The summed E-state index contributed by atoms with van der Waals surface area (Å²) >= 11 is 0. The molecule has 0 radical (unpaired) electrons. The number of imide groups is 1. The maximum atomic E-state index is 14.4. The van der Waals surface area contributed by atoms with Gasteiger partial charge in [-0.05, 0) is 26.0 Å². The third kappa shape index (κ3) is 2.65. The molecule has 1 aromatic carbocycles. The largest absolute Gasteiger partial charge is 0.380 e. The molecule has 3 amide bonds. The van der Waals surface area contributed by atoms with Crippen molar-refractivity contribution in [2.24, 2.45) is 4.99 Å². The molecule has 3 heterocycles. The van der Waals surface area contributed by atoms with Gasteiger partial charge in [-0.2, -0.15) is 0 Å². The Kier molecular flexibility index (Phi) is 4.54. The highest BCUT2D eigenvalue weighted by Gasteiger charge is 2.54. The molecule has 8 nitrogen and oxygen atoms in total. The predicted molar refractivity (Wildman–Crippen MR) is 101 cm³/mol. The minimum absolute atomic E-state index is 0.183. The van der Waals surface area contributed by atoms with Crippen molar-refractivity contribution in [2.75, 3.05) is 31.7 Å². The van der Waals surface area contributed by atoms with Gasteiger partial charge in [-0.1, -0.05) is 12.1 Å². The molecular weight excluding hydrogens is 365 g/mol. The van der Waals surface area contributed by atoms with E-state index in [4.69, 9.17) is 4.74 Å². The van der Waals surface area contributed by atoms with E-state index >= 15 is 0 Å². The summed E-state index contributed by atoms with van der Waals surface area (Å²) in [6, 6.07) is 5.32. The zero-order valence-electron chi connectivity index (χ0n) is 16.0. The molecule has 0 saturated carbocycles. The molecule has 0 spiro atoms. The zero-order chi connectivity index (χ0) is 20.0. The van der Waals surface area contributed by atoms with Gasteiger partial charge in [0.25, 0.3) is 5.91 Å². The summed E-state index contributed by atoms with van der Waals surface area (Å²) in [5, 5.41) is 0. The maximum absolute atomic E-state index is 14.4. The first-order valence-corrected chi connectivity index (χ1v) is 9.20. The van der Waals surface area contributed by atoms with E-state index in [1.807, 2.05) is 13.8 Å². The highest BCUT2D eigenvalue weighted by atomic mass is 19.1. The molecule has 0 aliphatic carbocycles. The van der Waals surface area contributed by atoms with Crippen LogP contribution in [0, 0.1) is 5.82 Å². The van der Waals surface area contributed by atoms with Gasteiger partial charge < -0.3 is 14.5 Å². The third-order valence-electron chi connectivity index (χ3n) is 5.14. The number of para-hydroxylation sites is 1. The molecule has 148 valence electrons. The quantitative estimate of drug-likeness (QED) is 0.721. The lowest BCUT2D eigenvalue weighted by Crippen LogP contribution is -2.64. The smallest absolute Gasteiger partial charge is 0.328 e. The van der Waals surface area contributed by atoms with E-state index < -0.39 is 18.2 Å². The number of nitrogens with zero attached hydrogens (tertiary/aromatic N) is 5. The Morgan fingerprint density at radius 2 is 2.00 bits per heavy atom. The average Bonchev–Trinajstić information content (AvgIpc) is 3.18. The summed E-state index contributed by atoms with van der Waals surface area (Å²) in [7, 11) is 1.62. The number of guanidine groups is 1. The van der Waals surface area contributed by atoms with Crippen LogP contribution in [0.1, 0.15) is 13.8 Å². The molecule has 1 aromatic rings. The van der Waals surface area contributed by atoms with Crippen molar-refractivity contribution < 1.29 is 18.7 Å². The molecule has 3 aliphatic rings. The summed E-state index contributed by atoms with van der Waals surface area (Å²) in [5.74, 6) is -0.271. The molecule has 28 heavy (non-hydrogen) atoms. The fourth-order valence-corrected chi connectivity index (χ4v) is 3.79. The molecule has 0 aromatic heterocycles. The van der Waals surface area contributed by atoms with Gasteiger partial charge in [0.2, 0.25) is 5.96 Å². The van der Waals surface area contributed by atoms with Crippen LogP contribution in [0.2, 0.25) is 0 Å². The van der Waals surface area contributed by atoms with Crippen molar-refractivity contribution in [3.8, 4) is 0 Å². The number of amides is 3. The summed E-state index contributed by atoms with van der Waals surface area (Å²) < 4.78 is 19.7. The van der Waals surface area contributed by atoms with Crippen LogP contribution in [0.5, 0.6) is 0 Å². The van der Waals surface area contributed by atoms with E-state index in [0.717, 1.165) is 5.70 Å². The Morgan fingerprint density at radius 1 is 1.25 bits per heavy atom. The molecule has 2 atom stereocenters. The van der Waals surface area contributed by atoms with Gasteiger partial charge in [-0.15, -0.1) is 0 Å². The number of likely N-dealkylation sites (N-methyl/N-ethyl adjacent to an activating group) is 1. The maximum Gasteiger partial charge on any atom is 0.328 e. The number of carbonyl (C=O) groups excluding carboxylic acids is 2. The second kappa shape index (κ2) is 6.90. The molecule has 0 bridgehead atoms. The topological polar surface area (TPSA) is 68.7 Å². The Hall–Kier alpha value is -2.94. The number of allylic oxidation sites excluding steroid dienone is 1. The summed E-state index contributed by atoms with van der Waals surface area (Å²) in [6.45, 7) is 4.66. The predicted octanol–water partition coefficient (Wildman–Crippen LogP) is 1.80. The van der Waals surface area contributed by atoms with Gasteiger partial charge in [0.05, 0.1) is 18.8 Å². The molecule has 3 aliphatic heterocycles. The zero-order valence-corrected chi connectivity index (χ0v) is 16.0. The SMILES string of the molecule is CCOCCN1C(=O)C2C(N=C3N(c4ccccc4F)C(C)=CN32)N(C)C1=O. The van der Waals surface area contributed by atoms with E-state index in [1.54, 1.807) is 41.2 Å². The molecular formula is C19H22FN5O3. The van der Waals surface area contributed by atoms with Gasteiger partial charge in [0.15, 0.2) is 12.2 Å². The van der Waals surface area contributed by atoms with Crippen molar-refractivity contribution >= 4 is 23.6 Å². The average molecular weight is 387 g/mol. The van der Waals surface area contributed by atoms with Crippen molar-refractivity contribution in [3.63, 3.8) is 0 Å². The number of rotatable bonds is 5. The van der Waals surface area contributed by atoms with Crippen LogP contribution >= 0.6 is 0 Å². The monoisotopic (exact) mass is 387 g/mol. The van der Waals surface area contributed by atoms with Crippen LogP contribution in [0.4, 0.5) is 14.9 Å². The van der Waals surface area contributed by atoms with Crippen LogP contribution in [0.3, 0.4) is 0 Å². The number of fused-ring (bicyclic) bond motifs is 3. The van der Waals surface area contributed by atoms with Gasteiger partial charge in [-0.25, -0.2) is 14.2 Å². The van der Waals surface area contributed by atoms with Gasteiger partial charge in [-0.3, -0.25) is 14.6 Å². The lowest BCUT2D eigenvalue weighted by molar-refractivity contribution is -0.137. The molecule has 1 saturated heterocycles. The molecule has 4 rings (SSSR count). The number of carbonyl (C=O) groups is 2. The molecule has 0 N–H and O–H groups in total. The molecule has 1 fully saturated rings. The molecule has 9 heteroatoms. The molecule has 2 unspecified atom stereocenters. The number of hydrogen-bond donors (Lipinski definition) is 0. The van der Waals surface area contributed by atoms with Gasteiger partial charge in [0.1, 0.15) is 5.82 Å². The number of hydrogen-bond acceptors (Lipinski definition) is 6. The van der Waals surface area contributed by atoms with Gasteiger partial charge >= 0.3 is 6.03 Å². The van der Waals surface area contributed by atoms with Crippen LogP contribution in [-0.4, -0.2) is 71.6 Å². The lowest BCUT2D eigenvalue weighted by Gasteiger charge is -2.40. The Bertz CT molecular complexity index is 886. The second-order valence-corrected chi connectivity index (χ2v) is 6.83. The summed E-state index contributed by atoms with van der Waals surface area (Å²) in [4.78, 5) is 36.4. The Morgan fingerprint density at radius 3 is 2.71 bits per heavy atom.